The lowest BCUT2D eigenvalue weighted by Crippen LogP contribution is -2.50. The van der Waals surface area contributed by atoms with Crippen LogP contribution in [0, 0.1) is 0 Å². The minimum Gasteiger partial charge on any atom is -0.490 e. The normalized spacial score (nSPS) is 23.0. The highest BCUT2D eigenvalue weighted by atomic mass is 79.9. The van der Waals surface area contributed by atoms with Gasteiger partial charge in [0.1, 0.15) is 6.61 Å². The number of hydrogen-bond donors (Lipinski definition) is 0. The fourth-order valence-corrected chi connectivity index (χ4v) is 2.79. The summed E-state index contributed by atoms with van der Waals surface area (Å²) in [6.07, 6.45) is 0.275. The molecular weight excluding hydrogens is 334 g/mol. The van der Waals surface area contributed by atoms with Gasteiger partial charge in [-0.05, 0) is 26.0 Å². The van der Waals surface area contributed by atoms with Crippen molar-refractivity contribution in [2.45, 2.75) is 26.0 Å². The summed E-state index contributed by atoms with van der Waals surface area (Å²) in [5.74, 6) is 1.63. The largest absolute Gasteiger partial charge is 0.490 e. The second kappa shape index (κ2) is 8.61. The van der Waals surface area contributed by atoms with Crippen LogP contribution in [0.1, 0.15) is 13.8 Å². The van der Waals surface area contributed by atoms with E-state index in [1.807, 2.05) is 31.2 Å². The average molecular weight is 358 g/mol. The molecule has 1 saturated heterocycles. The van der Waals surface area contributed by atoms with Gasteiger partial charge in [-0.15, -0.1) is 0 Å². The molecule has 0 bridgehead atoms. The average Bonchev–Trinajstić information content (AvgIpc) is 2.51. The van der Waals surface area contributed by atoms with Crippen LogP contribution < -0.4 is 9.47 Å². The first-order valence-corrected chi connectivity index (χ1v) is 8.63. The minimum atomic E-state index is 0.275. The van der Waals surface area contributed by atoms with Crippen molar-refractivity contribution in [3.8, 4) is 11.5 Å². The van der Waals surface area contributed by atoms with Gasteiger partial charge in [0.15, 0.2) is 11.5 Å². The van der Waals surface area contributed by atoms with E-state index in [-0.39, 0.29) is 6.10 Å². The number of halogens is 1. The highest BCUT2D eigenvalue weighted by Gasteiger charge is 2.25. The predicted octanol–water partition coefficient (Wildman–Crippen LogP) is 2.95. The molecule has 2 unspecified atom stereocenters. The third-order valence-corrected chi connectivity index (χ3v) is 4.31. The van der Waals surface area contributed by atoms with E-state index in [4.69, 9.17) is 14.2 Å². The van der Waals surface area contributed by atoms with Crippen molar-refractivity contribution in [3.05, 3.63) is 24.3 Å². The Morgan fingerprint density at radius 2 is 2.00 bits per heavy atom. The molecule has 2 atom stereocenters. The molecule has 0 amide bonds. The van der Waals surface area contributed by atoms with Gasteiger partial charge >= 0.3 is 0 Å². The first-order chi connectivity index (χ1) is 10.2. The number of nitrogens with zero attached hydrogens (tertiary/aromatic N) is 1. The smallest absolute Gasteiger partial charge is 0.161 e. The lowest BCUT2D eigenvalue weighted by molar-refractivity contribution is -0.0496. The van der Waals surface area contributed by atoms with Crippen LogP contribution in [0.5, 0.6) is 11.5 Å². The van der Waals surface area contributed by atoms with Crippen LogP contribution in [0.4, 0.5) is 0 Å². The van der Waals surface area contributed by atoms with E-state index in [0.29, 0.717) is 19.3 Å². The third-order valence-electron chi connectivity index (χ3n) is 3.59. The van der Waals surface area contributed by atoms with Gasteiger partial charge in [0.05, 0.1) is 19.3 Å². The highest BCUT2D eigenvalue weighted by molar-refractivity contribution is 9.09. The summed E-state index contributed by atoms with van der Waals surface area (Å²) in [6, 6.07) is 8.26. The number of para-hydroxylation sites is 2. The second-order valence-electron chi connectivity index (χ2n) is 5.18. The maximum atomic E-state index is 5.89. The van der Waals surface area contributed by atoms with E-state index >= 15 is 0 Å². The molecule has 0 spiro atoms. The molecule has 0 saturated carbocycles. The van der Waals surface area contributed by atoms with Gasteiger partial charge in [0.2, 0.25) is 0 Å². The van der Waals surface area contributed by atoms with Gasteiger partial charge < -0.3 is 14.2 Å². The lowest BCUT2D eigenvalue weighted by Gasteiger charge is -2.37. The van der Waals surface area contributed by atoms with Gasteiger partial charge in [-0.1, -0.05) is 28.1 Å². The molecule has 1 heterocycles. The van der Waals surface area contributed by atoms with Crippen LogP contribution in [0.25, 0.3) is 0 Å². The number of ether oxygens (including phenoxy) is 3. The van der Waals surface area contributed by atoms with Crippen molar-refractivity contribution < 1.29 is 14.2 Å². The Bertz CT molecular complexity index is 430. The van der Waals surface area contributed by atoms with Crippen molar-refractivity contribution in [1.29, 1.82) is 0 Å². The Hall–Kier alpha value is -0.780. The van der Waals surface area contributed by atoms with Gasteiger partial charge in [0.25, 0.3) is 0 Å². The first kappa shape index (κ1) is 16.6. The Balaban J connectivity index is 1.83. The summed E-state index contributed by atoms with van der Waals surface area (Å²) in [6.45, 7) is 8.10. The Morgan fingerprint density at radius 3 is 2.67 bits per heavy atom. The number of rotatable bonds is 7. The molecule has 0 radical (unpaired) electrons. The van der Waals surface area contributed by atoms with E-state index in [2.05, 4.69) is 27.8 Å². The van der Waals surface area contributed by atoms with Gasteiger partial charge in [-0.3, -0.25) is 4.90 Å². The third kappa shape index (κ3) is 4.87. The number of hydrogen-bond acceptors (Lipinski definition) is 4. The van der Waals surface area contributed by atoms with E-state index in [1.54, 1.807) is 0 Å². The summed E-state index contributed by atoms with van der Waals surface area (Å²) in [5.41, 5.74) is 0. The molecule has 1 aliphatic heterocycles. The number of benzene rings is 1. The summed E-state index contributed by atoms with van der Waals surface area (Å²) < 4.78 is 17.2. The Kier molecular flexibility index (Phi) is 6.80. The van der Waals surface area contributed by atoms with Crippen LogP contribution in [0.3, 0.4) is 0 Å². The molecule has 1 aromatic carbocycles. The predicted molar refractivity (Wildman–Crippen MR) is 87.7 cm³/mol. The fourth-order valence-electron chi connectivity index (χ4n) is 2.40. The summed E-state index contributed by atoms with van der Waals surface area (Å²) in [5, 5.41) is 0.879. The summed E-state index contributed by atoms with van der Waals surface area (Å²) >= 11 is 3.49. The zero-order chi connectivity index (χ0) is 15.1. The molecule has 0 aromatic heterocycles. The molecule has 2 rings (SSSR count). The summed E-state index contributed by atoms with van der Waals surface area (Å²) in [7, 11) is 0. The second-order valence-corrected chi connectivity index (χ2v) is 5.83. The Morgan fingerprint density at radius 1 is 1.29 bits per heavy atom. The summed E-state index contributed by atoms with van der Waals surface area (Å²) in [4.78, 5) is 2.42. The van der Waals surface area contributed by atoms with Crippen LogP contribution in [0.15, 0.2) is 24.3 Å². The standard InChI is InChI=1S/C16H24BrNO3/c1-3-19-15-6-4-5-7-16(15)20-9-8-18-11-14(10-17)21-12-13(18)2/h4-7,13-14H,3,8-12H2,1-2H3. The quantitative estimate of drug-likeness (QED) is 0.702. The molecular formula is C16H24BrNO3. The first-order valence-electron chi connectivity index (χ1n) is 7.50. The number of morpholine rings is 1. The maximum absolute atomic E-state index is 5.89. The minimum absolute atomic E-state index is 0.275. The van der Waals surface area contributed by atoms with Crippen molar-refractivity contribution in [3.63, 3.8) is 0 Å². The van der Waals surface area contributed by atoms with Crippen molar-refractivity contribution in [1.82, 2.24) is 4.90 Å². The Labute approximate surface area is 135 Å². The molecule has 0 N–H and O–H groups in total. The highest BCUT2D eigenvalue weighted by Crippen LogP contribution is 2.26. The monoisotopic (exact) mass is 357 g/mol. The molecule has 1 aromatic rings. The SMILES string of the molecule is CCOc1ccccc1OCCN1CC(CBr)OCC1C. The van der Waals surface area contributed by atoms with Crippen LogP contribution in [0.2, 0.25) is 0 Å². The van der Waals surface area contributed by atoms with Crippen LogP contribution in [-0.2, 0) is 4.74 Å². The van der Waals surface area contributed by atoms with Gasteiger partial charge in [-0.25, -0.2) is 0 Å². The van der Waals surface area contributed by atoms with Crippen LogP contribution >= 0.6 is 15.9 Å². The zero-order valence-electron chi connectivity index (χ0n) is 12.8. The van der Waals surface area contributed by atoms with Gasteiger partial charge in [-0.2, -0.15) is 0 Å². The molecule has 0 aliphatic carbocycles. The van der Waals surface area contributed by atoms with Gasteiger partial charge in [0, 0.05) is 24.5 Å². The van der Waals surface area contributed by atoms with Crippen molar-refractivity contribution in [2.75, 3.05) is 38.2 Å². The van der Waals surface area contributed by atoms with E-state index in [9.17, 15) is 0 Å². The lowest BCUT2D eigenvalue weighted by atomic mass is 10.2. The van der Waals surface area contributed by atoms with E-state index in [1.165, 1.54) is 0 Å². The number of alkyl halides is 1. The molecule has 4 nitrogen and oxygen atoms in total. The molecule has 1 fully saturated rings. The molecule has 21 heavy (non-hydrogen) atoms. The fraction of sp³-hybridized carbons (Fsp3) is 0.625. The van der Waals surface area contributed by atoms with E-state index < -0.39 is 0 Å². The molecule has 1 aliphatic rings. The van der Waals surface area contributed by atoms with Crippen LogP contribution in [-0.4, -0.2) is 55.3 Å². The zero-order valence-corrected chi connectivity index (χ0v) is 14.3. The topological polar surface area (TPSA) is 30.9 Å². The molecule has 118 valence electrons. The van der Waals surface area contributed by atoms with Crippen molar-refractivity contribution in [2.24, 2.45) is 0 Å². The van der Waals surface area contributed by atoms with Crippen molar-refractivity contribution >= 4 is 15.9 Å². The van der Waals surface area contributed by atoms with E-state index in [0.717, 1.165) is 36.5 Å². The maximum Gasteiger partial charge on any atom is 0.161 e. The molecule has 5 heteroatoms.